The van der Waals surface area contributed by atoms with E-state index in [2.05, 4.69) is 13.8 Å². The molecule has 0 amide bonds. The van der Waals surface area contributed by atoms with Crippen molar-refractivity contribution in [2.24, 2.45) is 28.6 Å². The van der Waals surface area contributed by atoms with E-state index in [4.69, 9.17) is 4.74 Å². The maximum absolute atomic E-state index is 12.2. The molecule has 158 valence electrons. The van der Waals surface area contributed by atoms with Crippen LogP contribution in [-0.2, 0) is 19.1 Å². The summed E-state index contributed by atoms with van der Waals surface area (Å²) in [4.78, 5) is 36.4. The van der Waals surface area contributed by atoms with Crippen LogP contribution >= 0.6 is 11.8 Å². The average Bonchev–Trinajstić information content (AvgIpc) is 3.17. The molecule has 0 radical (unpaired) electrons. The van der Waals surface area contributed by atoms with E-state index in [1.54, 1.807) is 6.92 Å². The van der Waals surface area contributed by atoms with Crippen molar-refractivity contribution in [3.63, 3.8) is 0 Å². The van der Waals surface area contributed by atoms with Crippen molar-refractivity contribution in [3.05, 3.63) is 11.6 Å². The second-order valence-corrected chi connectivity index (χ2v) is 12.1. The first-order valence-corrected chi connectivity index (χ1v) is 12.2. The van der Waals surface area contributed by atoms with Crippen molar-refractivity contribution >= 4 is 28.6 Å². The van der Waals surface area contributed by atoms with Gasteiger partial charge in [-0.2, -0.15) is 0 Å². The zero-order valence-electron chi connectivity index (χ0n) is 17.8. The Labute approximate surface area is 177 Å². The van der Waals surface area contributed by atoms with Gasteiger partial charge in [0.1, 0.15) is 5.60 Å². The van der Waals surface area contributed by atoms with E-state index in [1.807, 2.05) is 6.08 Å². The molecule has 0 aromatic heterocycles. The molecule has 1 unspecified atom stereocenters. The van der Waals surface area contributed by atoms with Crippen molar-refractivity contribution in [2.75, 3.05) is 0 Å². The average molecular weight is 417 g/mol. The number of hydrogen-bond donors (Lipinski definition) is 0. The van der Waals surface area contributed by atoms with Gasteiger partial charge in [-0.05, 0) is 74.2 Å². The van der Waals surface area contributed by atoms with E-state index < -0.39 is 0 Å². The number of ketones is 1. The van der Waals surface area contributed by atoms with Crippen LogP contribution < -0.4 is 0 Å². The lowest BCUT2D eigenvalue weighted by Crippen LogP contribution is -2.57. The van der Waals surface area contributed by atoms with Crippen LogP contribution in [0.1, 0.15) is 78.6 Å². The van der Waals surface area contributed by atoms with E-state index in [9.17, 15) is 14.4 Å². The van der Waals surface area contributed by atoms with Crippen LogP contribution in [0.15, 0.2) is 11.6 Å². The van der Waals surface area contributed by atoms with Gasteiger partial charge >= 0.3 is 5.97 Å². The fraction of sp³-hybridized carbons (Fsp3) is 0.792. The zero-order valence-corrected chi connectivity index (χ0v) is 18.6. The molecule has 29 heavy (non-hydrogen) atoms. The van der Waals surface area contributed by atoms with Crippen LogP contribution in [0.25, 0.3) is 0 Å². The van der Waals surface area contributed by atoms with Gasteiger partial charge in [0.05, 0.1) is 0 Å². The molecule has 7 atom stereocenters. The second-order valence-electron chi connectivity index (χ2n) is 10.7. The molecule has 5 aliphatic rings. The molecule has 5 rings (SSSR count). The molecule has 3 saturated carbocycles. The Kier molecular flexibility index (Phi) is 4.41. The lowest BCUT2D eigenvalue weighted by molar-refractivity contribution is -0.167. The third-order valence-corrected chi connectivity index (χ3v) is 10.7. The summed E-state index contributed by atoms with van der Waals surface area (Å²) in [5.41, 5.74) is 1.09. The molecule has 0 N–H and O–H groups in total. The van der Waals surface area contributed by atoms with E-state index in [1.165, 1.54) is 17.3 Å². The lowest BCUT2D eigenvalue weighted by atomic mass is 9.46. The van der Waals surface area contributed by atoms with Crippen LogP contribution in [0.4, 0.5) is 0 Å². The number of rotatable bonds is 1. The summed E-state index contributed by atoms with van der Waals surface area (Å²) >= 11 is 1.50. The lowest BCUT2D eigenvalue weighted by Gasteiger charge is -2.61. The molecule has 1 heterocycles. The Bertz CT molecular complexity index is 818. The predicted octanol–water partition coefficient (Wildman–Crippen LogP) is 4.85. The van der Waals surface area contributed by atoms with Crippen LogP contribution in [0.5, 0.6) is 0 Å². The van der Waals surface area contributed by atoms with Gasteiger partial charge in [0.25, 0.3) is 0 Å². The fourth-order valence-electron chi connectivity index (χ4n) is 8.13. The highest BCUT2D eigenvalue weighted by Crippen LogP contribution is 2.70. The van der Waals surface area contributed by atoms with Gasteiger partial charge in [0.2, 0.25) is 0 Å². The Hall–Kier alpha value is -1.10. The minimum Gasteiger partial charge on any atom is -0.458 e. The predicted molar refractivity (Wildman–Crippen MR) is 112 cm³/mol. The van der Waals surface area contributed by atoms with E-state index in [-0.39, 0.29) is 38.5 Å². The summed E-state index contributed by atoms with van der Waals surface area (Å²) in [6.45, 7) is 6.42. The van der Waals surface area contributed by atoms with Gasteiger partial charge in [-0.25, -0.2) is 0 Å². The standard InChI is InChI=1S/C24H32O4S/c1-14(25)29-19-13-15-12-16(26)4-8-22(15,2)17-5-9-23(3)18(21(17)19)6-10-24(23)11-7-20(27)28-24/h12,17-19,21H,4-11,13H2,1-3H3/t17?,18-,19+,21+,22-,23-,24+/m0/s1. The summed E-state index contributed by atoms with van der Waals surface area (Å²) in [6.07, 6.45) is 10.0. The minimum absolute atomic E-state index is 0.0119. The van der Waals surface area contributed by atoms with Crippen LogP contribution in [0.3, 0.4) is 0 Å². The molecule has 1 spiro atoms. The molecule has 0 bridgehead atoms. The normalized spacial score (nSPS) is 48.6. The maximum Gasteiger partial charge on any atom is 0.306 e. The number of esters is 1. The van der Waals surface area contributed by atoms with Gasteiger partial charge in [-0.15, -0.1) is 0 Å². The van der Waals surface area contributed by atoms with Gasteiger partial charge in [0, 0.05) is 30.4 Å². The molecule has 0 aromatic rings. The summed E-state index contributed by atoms with van der Waals surface area (Å²) < 4.78 is 6.06. The molecular weight excluding hydrogens is 384 g/mol. The first kappa shape index (κ1) is 19.8. The van der Waals surface area contributed by atoms with Gasteiger partial charge < -0.3 is 4.74 Å². The second kappa shape index (κ2) is 6.45. The Morgan fingerprint density at radius 1 is 1.07 bits per heavy atom. The quantitative estimate of drug-likeness (QED) is 0.572. The van der Waals surface area contributed by atoms with Gasteiger partial charge in [-0.3, -0.25) is 14.4 Å². The number of ether oxygens (including phenoxy) is 1. The van der Waals surface area contributed by atoms with E-state index >= 15 is 0 Å². The van der Waals surface area contributed by atoms with Crippen molar-refractivity contribution in [3.8, 4) is 0 Å². The minimum atomic E-state index is -0.287. The third-order valence-electron chi connectivity index (χ3n) is 9.61. The molecule has 0 aromatic carbocycles. The van der Waals surface area contributed by atoms with Crippen LogP contribution in [0, 0.1) is 28.6 Å². The molecule has 4 nitrogen and oxygen atoms in total. The SMILES string of the molecule is CC(=O)S[C@@H]1CC2=CC(=O)CC[C@]2(C)C2CC[C@@]3(C)[C@@H](CC[C@@]34CCC(=O)O4)[C@@H]21. The van der Waals surface area contributed by atoms with Crippen molar-refractivity contribution in [2.45, 2.75) is 89.4 Å². The summed E-state index contributed by atoms with van der Waals surface area (Å²) in [5, 5.41) is 0.409. The maximum atomic E-state index is 12.2. The highest BCUT2D eigenvalue weighted by Gasteiger charge is 2.68. The highest BCUT2D eigenvalue weighted by atomic mass is 32.2. The number of hydrogen-bond acceptors (Lipinski definition) is 5. The van der Waals surface area contributed by atoms with Gasteiger partial charge in [-0.1, -0.05) is 31.2 Å². The number of carbonyl (C=O) groups excluding carboxylic acids is 3. The van der Waals surface area contributed by atoms with Crippen molar-refractivity contribution < 1.29 is 19.1 Å². The molecule has 1 aliphatic heterocycles. The number of fused-ring (bicyclic) bond motifs is 6. The van der Waals surface area contributed by atoms with Gasteiger partial charge in [0.15, 0.2) is 10.9 Å². The first-order valence-electron chi connectivity index (χ1n) is 11.3. The van der Waals surface area contributed by atoms with Crippen LogP contribution in [0.2, 0.25) is 0 Å². The Balaban J connectivity index is 1.56. The highest BCUT2D eigenvalue weighted by molar-refractivity contribution is 8.14. The summed E-state index contributed by atoms with van der Waals surface area (Å²) in [7, 11) is 0. The number of carbonyl (C=O) groups is 3. The fourth-order valence-corrected chi connectivity index (χ4v) is 9.36. The molecule has 4 fully saturated rings. The first-order chi connectivity index (χ1) is 13.7. The number of allylic oxidation sites excluding steroid dienone is 1. The number of thioether (sulfide) groups is 1. The summed E-state index contributed by atoms with van der Waals surface area (Å²) in [6, 6.07) is 0. The van der Waals surface area contributed by atoms with Crippen molar-refractivity contribution in [1.82, 2.24) is 0 Å². The van der Waals surface area contributed by atoms with Crippen molar-refractivity contribution in [1.29, 1.82) is 0 Å². The monoisotopic (exact) mass is 416 g/mol. The largest absolute Gasteiger partial charge is 0.458 e. The molecule has 4 aliphatic carbocycles. The molecule has 5 heteroatoms. The molecular formula is C24H32O4S. The molecule has 1 saturated heterocycles. The van der Waals surface area contributed by atoms with Crippen LogP contribution in [-0.4, -0.2) is 27.7 Å². The Morgan fingerprint density at radius 3 is 2.52 bits per heavy atom. The zero-order chi connectivity index (χ0) is 20.6. The Morgan fingerprint density at radius 2 is 1.83 bits per heavy atom. The van der Waals surface area contributed by atoms with E-state index in [0.717, 1.165) is 44.9 Å². The topological polar surface area (TPSA) is 60.4 Å². The summed E-state index contributed by atoms with van der Waals surface area (Å²) in [5.74, 6) is 1.67. The smallest absolute Gasteiger partial charge is 0.306 e. The van der Waals surface area contributed by atoms with E-state index in [0.29, 0.717) is 30.6 Å². The third kappa shape index (κ3) is 2.68.